The van der Waals surface area contributed by atoms with Gasteiger partial charge in [0.1, 0.15) is 18.2 Å². The fourth-order valence-electron chi connectivity index (χ4n) is 3.12. The number of aliphatic hydroxyl groups excluding tert-OH is 1. The number of aliphatic hydroxyl groups is 1. The van der Waals surface area contributed by atoms with Crippen molar-refractivity contribution in [1.29, 1.82) is 0 Å². The van der Waals surface area contributed by atoms with Crippen molar-refractivity contribution in [3.63, 3.8) is 0 Å². The summed E-state index contributed by atoms with van der Waals surface area (Å²) in [7, 11) is 0. The van der Waals surface area contributed by atoms with Crippen LogP contribution < -0.4 is 10.6 Å². The number of halogens is 2. The van der Waals surface area contributed by atoms with E-state index in [1.165, 1.54) is 4.90 Å². The van der Waals surface area contributed by atoms with Gasteiger partial charge in [0.05, 0.1) is 18.7 Å². The molecule has 0 saturated heterocycles. The van der Waals surface area contributed by atoms with Crippen molar-refractivity contribution in [3.8, 4) is 0 Å². The Labute approximate surface area is 154 Å². The Morgan fingerprint density at radius 2 is 2.04 bits per heavy atom. The van der Waals surface area contributed by atoms with E-state index in [9.17, 15) is 23.5 Å². The van der Waals surface area contributed by atoms with Crippen molar-refractivity contribution < 1.29 is 23.5 Å². The molecule has 0 radical (unpaired) electrons. The minimum Gasteiger partial charge on any atom is -0.394 e. The molecule has 0 unspecified atom stereocenters. The summed E-state index contributed by atoms with van der Waals surface area (Å²) in [4.78, 5) is 26.0. The number of hydrogen-bond donors (Lipinski definition) is 3. The molecule has 1 heterocycles. The summed E-state index contributed by atoms with van der Waals surface area (Å²) in [6.07, 6.45) is 0. The summed E-state index contributed by atoms with van der Waals surface area (Å²) in [6, 6.07) is 8.36. The standard InChI is InChI=1S/C19H19F2N3O3/c1-11-13-4-2-3-5-16(13)23-19(27)24(11)9-18(26)22-17(10-25)14-7-6-12(20)8-15(14)21/h2-8,11,17,25H,9-10H2,1H3,(H,22,26)(H,23,27)/t11-,17-/m0/s1. The first-order chi connectivity index (χ1) is 12.9. The second-order valence-electron chi connectivity index (χ2n) is 6.29. The van der Waals surface area contributed by atoms with Crippen LogP contribution in [0.2, 0.25) is 0 Å². The highest BCUT2D eigenvalue weighted by atomic mass is 19.1. The van der Waals surface area contributed by atoms with Crippen molar-refractivity contribution in [2.75, 3.05) is 18.5 Å². The van der Waals surface area contributed by atoms with Crippen molar-refractivity contribution in [2.45, 2.75) is 19.0 Å². The highest BCUT2D eigenvalue weighted by molar-refractivity contribution is 5.95. The first kappa shape index (κ1) is 18.8. The molecule has 1 aliphatic rings. The molecular weight excluding hydrogens is 356 g/mol. The molecule has 2 atom stereocenters. The molecule has 0 spiro atoms. The first-order valence-corrected chi connectivity index (χ1v) is 8.42. The van der Waals surface area contributed by atoms with Gasteiger partial charge >= 0.3 is 6.03 Å². The second-order valence-corrected chi connectivity index (χ2v) is 6.29. The zero-order chi connectivity index (χ0) is 19.6. The lowest BCUT2D eigenvalue weighted by Crippen LogP contribution is -2.47. The van der Waals surface area contributed by atoms with E-state index in [1.807, 2.05) is 12.1 Å². The van der Waals surface area contributed by atoms with Gasteiger partial charge in [0.15, 0.2) is 0 Å². The molecule has 0 bridgehead atoms. The SMILES string of the molecule is C[C@H]1c2ccccc2NC(=O)N1CC(=O)N[C@@H](CO)c1ccc(F)cc1F. The molecule has 1 aliphatic heterocycles. The Bertz CT molecular complexity index is 875. The number of rotatable bonds is 5. The lowest BCUT2D eigenvalue weighted by atomic mass is 10.0. The van der Waals surface area contributed by atoms with E-state index in [2.05, 4.69) is 10.6 Å². The molecule has 3 rings (SSSR count). The average molecular weight is 375 g/mol. The molecule has 27 heavy (non-hydrogen) atoms. The van der Waals surface area contributed by atoms with Gasteiger partial charge in [-0.1, -0.05) is 24.3 Å². The fraction of sp³-hybridized carbons (Fsp3) is 0.263. The third-order valence-electron chi connectivity index (χ3n) is 4.55. The Morgan fingerprint density at radius 3 is 2.74 bits per heavy atom. The van der Waals surface area contributed by atoms with Crippen LogP contribution in [0.5, 0.6) is 0 Å². The number of urea groups is 1. The largest absolute Gasteiger partial charge is 0.394 e. The highest BCUT2D eigenvalue weighted by Gasteiger charge is 2.31. The number of amides is 3. The van der Waals surface area contributed by atoms with Gasteiger partial charge in [0.25, 0.3) is 0 Å². The van der Waals surface area contributed by atoms with Crippen molar-refractivity contribution in [2.24, 2.45) is 0 Å². The van der Waals surface area contributed by atoms with Crippen LogP contribution in [0.3, 0.4) is 0 Å². The second kappa shape index (κ2) is 7.71. The van der Waals surface area contributed by atoms with Crippen LogP contribution in [-0.4, -0.2) is 35.1 Å². The number of nitrogens with one attached hydrogen (secondary N) is 2. The maximum atomic E-state index is 13.9. The molecule has 142 valence electrons. The molecule has 6 nitrogen and oxygen atoms in total. The van der Waals surface area contributed by atoms with Gasteiger partial charge in [-0.15, -0.1) is 0 Å². The third-order valence-corrected chi connectivity index (χ3v) is 4.55. The molecule has 3 N–H and O–H groups in total. The quantitative estimate of drug-likeness (QED) is 0.752. The summed E-state index contributed by atoms with van der Waals surface area (Å²) in [5, 5.41) is 14.7. The van der Waals surface area contributed by atoms with Crippen LogP contribution >= 0.6 is 0 Å². The zero-order valence-corrected chi connectivity index (χ0v) is 14.6. The molecule has 0 aliphatic carbocycles. The maximum Gasteiger partial charge on any atom is 0.322 e. The van der Waals surface area contributed by atoms with Crippen molar-refractivity contribution in [3.05, 3.63) is 65.2 Å². The first-order valence-electron chi connectivity index (χ1n) is 8.42. The summed E-state index contributed by atoms with van der Waals surface area (Å²) in [6.45, 7) is 0.952. The van der Waals surface area contributed by atoms with E-state index in [4.69, 9.17) is 0 Å². The van der Waals surface area contributed by atoms with E-state index in [0.29, 0.717) is 11.8 Å². The van der Waals surface area contributed by atoms with Gasteiger partial charge in [-0.3, -0.25) is 4.79 Å². The number of para-hydroxylation sites is 1. The van der Waals surface area contributed by atoms with E-state index in [-0.39, 0.29) is 18.2 Å². The van der Waals surface area contributed by atoms with E-state index >= 15 is 0 Å². The summed E-state index contributed by atoms with van der Waals surface area (Å²) < 4.78 is 27.0. The summed E-state index contributed by atoms with van der Waals surface area (Å²) in [5.41, 5.74) is 1.52. The van der Waals surface area contributed by atoms with E-state index < -0.39 is 36.2 Å². The number of carbonyl (C=O) groups excluding carboxylic acids is 2. The van der Waals surface area contributed by atoms with Crippen LogP contribution in [0.15, 0.2) is 42.5 Å². The minimum atomic E-state index is -1.05. The molecule has 2 aromatic carbocycles. The third kappa shape index (κ3) is 3.90. The van der Waals surface area contributed by atoms with Crippen molar-refractivity contribution in [1.82, 2.24) is 10.2 Å². The number of hydrogen-bond acceptors (Lipinski definition) is 3. The number of nitrogens with zero attached hydrogens (tertiary/aromatic N) is 1. The van der Waals surface area contributed by atoms with Gasteiger partial charge in [0, 0.05) is 17.3 Å². The molecule has 3 amide bonds. The predicted molar refractivity (Wildman–Crippen MR) is 94.9 cm³/mol. The monoisotopic (exact) mass is 375 g/mol. The number of carbonyl (C=O) groups is 2. The average Bonchev–Trinajstić information content (AvgIpc) is 2.63. The predicted octanol–water partition coefficient (Wildman–Crippen LogP) is 2.72. The molecule has 0 fully saturated rings. The minimum absolute atomic E-state index is 0.0336. The zero-order valence-electron chi connectivity index (χ0n) is 14.6. The van der Waals surface area contributed by atoms with Gasteiger partial charge in [-0.2, -0.15) is 0 Å². The Hall–Kier alpha value is -3.00. The smallest absolute Gasteiger partial charge is 0.322 e. The number of anilines is 1. The number of fused-ring (bicyclic) bond motifs is 1. The maximum absolute atomic E-state index is 13.9. The molecule has 8 heteroatoms. The molecule has 0 aromatic heterocycles. The molecule has 2 aromatic rings. The van der Waals surface area contributed by atoms with Gasteiger partial charge in [0.2, 0.25) is 5.91 Å². The van der Waals surface area contributed by atoms with Crippen LogP contribution in [0, 0.1) is 11.6 Å². The van der Waals surface area contributed by atoms with E-state index in [1.54, 1.807) is 19.1 Å². The normalized spacial score (nSPS) is 17.1. The number of benzene rings is 2. The molecule has 0 saturated carbocycles. The van der Waals surface area contributed by atoms with Gasteiger partial charge < -0.3 is 20.6 Å². The van der Waals surface area contributed by atoms with Crippen molar-refractivity contribution >= 4 is 17.6 Å². The van der Waals surface area contributed by atoms with Gasteiger partial charge in [-0.25, -0.2) is 13.6 Å². The van der Waals surface area contributed by atoms with Crippen LogP contribution in [-0.2, 0) is 4.79 Å². The fourth-order valence-corrected chi connectivity index (χ4v) is 3.12. The van der Waals surface area contributed by atoms with Crippen LogP contribution in [0.4, 0.5) is 19.3 Å². The van der Waals surface area contributed by atoms with Gasteiger partial charge in [-0.05, 0) is 24.6 Å². The lowest BCUT2D eigenvalue weighted by Gasteiger charge is -2.35. The Morgan fingerprint density at radius 1 is 1.30 bits per heavy atom. The highest BCUT2D eigenvalue weighted by Crippen LogP contribution is 2.32. The van der Waals surface area contributed by atoms with E-state index in [0.717, 1.165) is 17.7 Å². The Kier molecular flexibility index (Phi) is 5.36. The Balaban J connectivity index is 1.72. The topological polar surface area (TPSA) is 81.7 Å². The van der Waals surface area contributed by atoms with Crippen LogP contribution in [0.25, 0.3) is 0 Å². The lowest BCUT2D eigenvalue weighted by molar-refractivity contribution is -0.123. The summed E-state index contributed by atoms with van der Waals surface area (Å²) in [5.74, 6) is -2.19. The summed E-state index contributed by atoms with van der Waals surface area (Å²) >= 11 is 0. The molecular formula is C19H19F2N3O3. The van der Waals surface area contributed by atoms with Crippen LogP contribution in [0.1, 0.15) is 30.1 Å².